The number of hydrogen-bond donors (Lipinski definition) is 1. The first-order valence-corrected chi connectivity index (χ1v) is 9.66. The Kier molecular flexibility index (Phi) is 3.63. The molecule has 130 valence electrons. The monoisotopic (exact) mass is 355 g/mol. The smallest absolute Gasteiger partial charge is 0.256 e. The number of hydrogen-bond acceptors (Lipinski definition) is 2. The van der Waals surface area contributed by atoms with Crippen LogP contribution in [0.5, 0.6) is 0 Å². The molecule has 4 bridgehead atoms. The zero-order valence-electron chi connectivity index (χ0n) is 14.1. The third-order valence-corrected chi connectivity index (χ3v) is 6.84. The quantitative estimate of drug-likeness (QED) is 0.901. The topological polar surface area (TPSA) is 46.9 Å². The van der Waals surface area contributed by atoms with Gasteiger partial charge < -0.3 is 5.32 Å². The highest BCUT2D eigenvalue weighted by Crippen LogP contribution is 2.53. The highest BCUT2D eigenvalue weighted by Gasteiger charge is 2.48. The van der Waals surface area contributed by atoms with Crippen molar-refractivity contribution in [1.29, 1.82) is 0 Å². The number of halogens is 1. The van der Waals surface area contributed by atoms with E-state index in [-0.39, 0.29) is 5.91 Å². The zero-order valence-corrected chi connectivity index (χ0v) is 14.8. The van der Waals surface area contributed by atoms with Gasteiger partial charge in [0, 0.05) is 6.04 Å². The Balaban J connectivity index is 1.36. The third-order valence-electron chi connectivity index (χ3n) is 6.48. The van der Waals surface area contributed by atoms with E-state index in [2.05, 4.69) is 10.4 Å². The summed E-state index contributed by atoms with van der Waals surface area (Å²) in [6.45, 7) is 0. The van der Waals surface area contributed by atoms with Crippen LogP contribution in [0.4, 0.5) is 0 Å². The lowest BCUT2D eigenvalue weighted by Crippen LogP contribution is -2.55. The fourth-order valence-corrected chi connectivity index (χ4v) is 5.90. The number of benzene rings is 1. The number of amides is 1. The zero-order chi connectivity index (χ0) is 17.0. The van der Waals surface area contributed by atoms with Crippen molar-refractivity contribution in [3.63, 3.8) is 0 Å². The lowest BCUT2D eigenvalue weighted by molar-refractivity contribution is -0.0119. The summed E-state index contributed by atoms with van der Waals surface area (Å²) in [6, 6.07) is 9.98. The predicted octanol–water partition coefficient (Wildman–Crippen LogP) is 4.08. The molecular weight excluding hydrogens is 334 g/mol. The van der Waals surface area contributed by atoms with Crippen molar-refractivity contribution >= 4 is 17.5 Å². The summed E-state index contributed by atoms with van der Waals surface area (Å²) < 4.78 is 1.62. The Morgan fingerprint density at radius 1 is 1.04 bits per heavy atom. The van der Waals surface area contributed by atoms with Gasteiger partial charge in [-0.05, 0) is 67.9 Å². The molecule has 4 aliphatic carbocycles. The number of para-hydroxylation sites is 1. The van der Waals surface area contributed by atoms with Crippen LogP contribution in [0.1, 0.15) is 42.5 Å². The van der Waals surface area contributed by atoms with Gasteiger partial charge in [-0.2, -0.15) is 5.10 Å². The molecule has 0 saturated heterocycles. The lowest BCUT2D eigenvalue weighted by atomic mass is 9.54. The van der Waals surface area contributed by atoms with Crippen LogP contribution in [0.2, 0.25) is 5.15 Å². The molecule has 1 aromatic heterocycles. The summed E-state index contributed by atoms with van der Waals surface area (Å²) in [5.41, 5.74) is 1.33. The van der Waals surface area contributed by atoms with Crippen molar-refractivity contribution in [2.24, 2.45) is 23.7 Å². The van der Waals surface area contributed by atoms with Gasteiger partial charge in [0.15, 0.2) is 0 Å². The summed E-state index contributed by atoms with van der Waals surface area (Å²) >= 11 is 6.46. The summed E-state index contributed by atoms with van der Waals surface area (Å²) in [5.74, 6) is 3.04. The van der Waals surface area contributed by atoms with E-state index in [1.165, 1.54) is 32.1 Å². The average Bonchev–Trinajstić information content (AvgIpc) is 3.00. The van der Waals surface area contributed by atoms with E-state index in [1.54, 1.807) is 10.9 Å². The van der Waals surface area contributed by atoms with Crippen LogP contribution < -0.4 is 5.32 Å². The molecule has 1 heterocycles. The number of rotatable bonds is 3. The van der Waals surface area contributed by atoms with Gasteiger partial charge in [-0.3, -0.25) is 4.79 Å². The van der Waals surface area contributed by atoms with Crippen molar-refractivity contribution < 1.29 is 4.79 Å². The van der Waals surface area contributed by atoms with Crippen molar-refractivity contribution in [3.05, 3.63) is 47.2 Å². The van der Waals surface area contributed by atoms with E-state index < -0.39 is 0 Å². The second-order valence-corrected chi connectivity index (χ2v) is 8.38. The van der Waals surface area contributed by atoms with Gasteiger partial charge >= 0.3 is 0 Å². The SMILES string of the molecule is O=C(NC1C2CC3CC(C2)CC1C3)c1cnn(-c2ccccc2)c1Cl. The maximum Gasteiger partial charge on any atom is 0.256 e. The molecule has 0 aliphatic heterocycles. The molecule has 1 N–H and O–H groups in total. The van der Waals surface area contributed by atoms with E-state index in [1.807, 2.05) is 30.3 Å². The van der Waals surface area contributed by atoms with Crippen molar-refractivity contribution in [2.45, 2.75) is 38.1 Å². The molecule has 0 atom stereocenters. The van der Waals surface area contributed by atoms with Gasteiger partial charge in [0.1, 0.15) is 5.15 Å². The molecule has 1 amide bonds. The van der Waals surface area contributed by atoms with Crippen LogP contribution in [0, 0.1) is 23.7 Å². The minimum absolute atomic E-state index is 0.0790. The maximum absolute atomic E-state index is 12.9. The van der Waals surface area contributed by atoms with Crippen LogP contribution in [-0.4, -0.2) is 21.7 Å². The molecule has 4 nitrogen and oxygen atoms in total. The van der Waals surface area contributed by atoms with Crippen molar-refractivity contribution in [3.8, 4) is 5.69 Å². The number of nitrogens with one attached hydrogen (secondary N) is 1. The average molecular weight is 356 g/mol. The standard InChI is InChI=1S/C20H22ClN3O/c21-19-17(11-22-24(19)16-4-2-1-3-5-16)20(25)23-18-14-7-12-6-13(9-14)10-15(18)8-12/h1-5,11-15,18H,6-10H2,(H,23,25). The normalized spacial score (nSPS) is 32.8. The van der Waals surface area contributed by atoms with E-state index >= 15 is 0 Å². The second kappa shape index (κ2) is 5.87. The molecule has 4 saturated carbocycles. The minimum atomic E-state index is -0.0790. The van der Waals surface area contributed by atoms with E-state index in [0.717, 1.165) is 17.5 Å². The molecule has 6 rings (SSSR count). The highest BCUT2D eigenvalue weighted by atomic mass is 35.5. The van der Waals surface area contributed by atoms with Gasteiger partial charge in [-0.25, -0.2) is 4.68 Å². The molecule has 0 radical (unpaired) electrons. The van der Waals surface area contributed by atoms with Crippen LogP contribution in [0.25, 0.3) is 5.69 Å². The molecule has 25 heavy (non-hydrogen) atoms. The molecule has 0 unspecified atom stereocenters. The number of carbonyl (C=O) groups excluding carboxylic acids is 1. The van der Waals surface area contributed by atoms with Gasteiger partial charge in [0.05, 0.1) is 17.4 Å². The highest BCUT2D eigenvalue weighted by molar-refractivity contribution is 6.33. The van der Waals surface area contributed by atoms with Crippen LogP contribution in [0.3, 0.4) is 0 Å². The second-order valence-electron chi connectivity index (χ2n) is 8.03. The largest absolute Gasteiger partial charge is 0.349 e. The summed E-state index contributed by atoms with van der Waals surface area (Å²) in [4.78, 5) is 12.9. The first kappa shape index (κ1) is 15.4. The Labute approximate surface area is 152 Å². The van der Waals surface area contributed by atoms with Crippen LogP contribution in [0.15, 0.2) is 36.5 Å². The predicted molar refractivity (Wildman–Crippen MR) is 96.9 cm³/mol. The Hall–Kier alpha value is -1.81. The third kappa shape index (κ3) is 2.58. The number of nitrogens with zero attached hydrogens (tertiary/aromatic N) is 2. The van der Waals surface area contributed by atoms with Crippen molar-refractivity contribution in [1.82, 2.24) is 15.1 Å². The van der Waals surface area contributed by atoms with Gasteiger partial charge in [0.25, 0.3) is 5.91 Å². The van der Waals surface area contributed by atoms with E-state index in [0.29, 0.717) is 28.6 Å². The molecule has 5 heteroatoms. The molecule has 0 spiro atoms. The number of aromatic nitrogens is 2. The Morgan fingerprint density at radius 3 is 2.32 bits per heavy atom. The fourth-order valence-electron chi connectivity index (χ4n) is 5.63. The lowest BCUT2D eigenvalue weighted by Gasteiger charge is -2.54. The Bertz CT molecular complexity index is 773. The summed E-state index contributed by atoms with van der Waals surface area (Å²) in [5, 5.41) is 8.00. The number of carbonyl (C=O) groups is 1. The molecule has 1 aromatic carbocycles. The summed E-state index contributed by atoms with van der Waals surface area (Å²) in [7, 11) is 0. The first-order chi connectivity index (χ1) is 12.2. The molecular formula is C20H22ClN3O. The summed E-state index contributed by atoms with van der Waals surface area (Å²) in [6.07, 6.45) is 8.15. The molecule has 4 aliphatic rings. The van der Waals surface area contributed by atoms with Crippen LogP contribution >= 0.6 is 11.6 Å². The Morgan fingerprint density at radius 2 is 1.68 bits per heavy atom. The van der Waals surface area contributed by atoms with E-state index in [9.17, 15) is 4.79 Å². The fraction of sp³-hybridized carbons (Fsp3) is 0.500. The van der Waals surface area contributed by atoms with Gasteiger partial charge in [-0.15, -0.1) is 0 Å². The maximum atomic E-state index is 12.9. The van der Waals surface area contributed by atoms with Gasteiger partial charge in [-0.1, -0.05) is 29.8 Å². The molecule has 4 fully saturated rings. The first-order valence-electron chi connectivity index (χ1n) is 9.29. The van der Waals surface area contributed by atoms with Gasteiger partial charge in [0.2, 0.25) is 0 Å². The van der Waals surface area contributed by atoms with E-state index in [4.69, 9.17) is 11.6 Å². The molecule has 2 aromatic rings. The van der Waals surface area contributed by atoms with Crippen LogP contribution in [-0.2, 0) is 0 Å². The minimum Gasteiger partial charge on any atom is -0.349 e. The van der Waals surface area contributed by atoms with Crippen molar-refractivity contribution in [2.75, 3.05) is 0 Å².